The van der Waals surface area contributed by atoms with Gasteiger partial charge in [0.05, 0.1) is 13.7 Å². The number of anilines is 1. The molecule has 0 spiro atoms. The maximum atomic E-state index is 11.4. The molecule has 1 heterocycles. The number of hydrogen-bond donors (Lipinski definition) is 1. The number of ether oxygens (including phenoxy) is 1. The van der Waals surface area contributed by atoms with E-state index in [-0.39, 0.29) is 12.6 Å². The van der Waals surface area contributed by atoms with E-state index in [1.165, 1.54) is 5.69 Å². The van der Waals surface area contributed by atoms with E-state index in [0.29, 0.717) is 0 Å². The summed E-state index contributed by atoms with van der Waals surface area (Å²) in [4.78, 5) is 15.8. The number of carboxylic acid groups (broad SMARTS) is 1. The molecule has 0 atom stereocenters. The molecule has 0 saturated carbocycles. The van der Waals surface area contributed by atoms with Crippen LogP contribution in [0.1, 0.15) is 18.4 Å². The lowest BCUT2D eigenvalue weighted by Gasteiger charge is -2.39. The van der Waals surface area contributed by atoms with Gasteiger partial charge in [-0.3, -0.25) is 9.69 Å². The van der Waals surface area contributed by atoms with E-state index in [9.17, 15) is 9.90 Å². The SMILES string of the molecule is COc1ccc(N2CCC(N(CCc3cccc(Cl)c3)CC(=O)O)CC2)cc1. The largest absolute Gasteiger partial charge is 0.497 e. The molecule has 0 amide bonds. The molecule has 0 aromatic heterocycles. The highest BCUT2D eigenvalue weighted by Crippen LogP contribution is 2.25. The highest BCUT2D eigenvalue weighted by atomic mass is 35.5. The van der Waals surface area contributed by atoms with Crippen molar-refractivity contribution in [3.05, 3.63) is 59.1 Å². The van der Waals surface area contributed by atoms with Gasteiger partial charge < -0.3 is 14.7 Å². The van der Waals surface area contributed by atoms with Gasteiger partial charge in [-0.25, -0.2) is 0 Å². The fourth-order valence-corrected chi connectivity index (χ4v) is 4.02. The van der Waals surface area contributed by atoms with Crippen molar-refractivity contribution >= 4 is 23.3 Å². The van der Waals surface area contributed by atoms with Crippen LogP contribution in [0.2, 0.25) is 5.02 Å². The summed E-state index contributed by atoms with van der Waals surface area (Å²) in [5, 5.41) is 10.1. The summed E-state index contributed by atoms with van der Waals surface area (Å²) in [7, 11) is 1.67. The Bertz CT molecular complexity index is 774. The van der Waals surface area contributed by atoms with E-state index in [4.69, 9.17) is 16.3 Å². The van der Waals surface area contributed by atoms with E-state index in [2.05, 4.69) is 21.9 Å². The van der Waals surface area contributed by atoms with Crippen LogP contribution in [0.25, 0.3) is 0 Å². The van der Waals surface area contributed by atoms with Crippen LogP contribution in [-0.2, 0) is 11.2 Å². The van der Waals surface area contributed by atoms with Gasteiger partial charge in [0.2, 0.25) is 0 Å². The fourth-order valence-electron chi connectivity index (χ4n) is 3.81. The summed E-state index contributed by atoms with van der Waals surface area (Å²) in [6.07, 6.45) is 2.70. The average molecular weight is 403 g/mol. The number of methoxy groups -OCH3 is 1. The lowest BCUT2D eigenvalue weighted by Crippen LogP contribution is -2.47. The molecule has 150 valence electrons. The topological polar surface area (TPSA) is 53.0 Å². The zero-order valence-electron chi connectivity index (χ0n) is 16.2. The molecule has 0 aliphatic carbocycles. The number of piperidine rings is 1. The van der Waals surface area contributed by atoms with Crippen molar-refractivity contribution in [2.24, 2.45) is 0 Å². The normalized spacial score (nSPS) is 15.0. The van der Waals surface area contributed by atoms with E-state index in [1.54, 1.807) is 7.11 Å². The zero-order valence-corrected chi connectivity index (χ0v) is 16.9. The van der Waals surface area contributed by atoms with E-state index in [0.717, 1.165) is 55.2 Å². The number of carboxylic acids is 1. The van der Waals surface area contributed by atoms with Crippen LogP contribution in [0, 0.1) is 0 Å². The van der Waals surface area contributed by atoms with Crippen molar-refractivity contribution in [2.75, 3.05) is 38.2 Å². The van der Waals surface area contributed by atoms with Crippen LogP contribution >= 0.6 is 11.6 Å². The molecule has 5 nitrogen and oxygen atoms in total. The Kier molecular flexibility index (Phi) is 7.18. The Morgan fingerprint density at radius 1 is 1.21 bits per heavy atom. The molecule has 1 N–H and O–H groups in total. The highest BCUT2D eigenvalue weighted by Gasteiger charge is 2.26. The Labute approximate surface area is 171 Å². The summed E-state index contributed by atoms with van der Waals surface area (Å²) in [6.45, 7) is 2.64. The third kappa shape index (κ3) is 5.63. The Morgan fingerprint density at radius 3 is 2.54 bits per heavy atom. The van der Waals surface area contributed by atoms with Gasteiger partial charge in [-0.15, -0.1) is 0 Å². The highest BCUT2D eigenvalue weighted by molar-refractivity contribution is 6.30. The number of benzene rings is 2. The molecule has 6 heteroatoms. The van der Waals surface area contributed by atoms with Crippen LogP contribution in [0.15, 0.2) is 48.5 Å². The maximum Gasteiger partial charge on any atom is 0.317 e. The molecule has 1 saturated heterocycles. The quantitative estimate of drug-likeness (QED) is 0.724. The Morgan fingerprint density at radius 2 is 1.93 bits per heavy atom. The van der Waals surface area contributed by atoms with Gasteiger partial charge in [0.1, 0.15) is 5.75 Å². The first kappa shape index (κ1) is 20.5. The second-order valence-corrected chi connectivity index (χ2v) is 7.60. The Hall–Kier alpha value is -2.24. The second kappa shape index (κ2) is 9.80. The molecular formula is C22H27ClN2O3. The van der Waals surface area contributed by atoms with E-state index in [1.807, 2.05) is 36.4 Å². The number of hydrogen-bond acceptors (Lipinski definition) is 4. The number of aliphatic carboxylic acids is 1. The lowest BCUT2D eigenvalue weighted by molar-refractivity contribution is -0.139. The summed E-state index contributed by atoms with van der Waals surface area (Å²) in [5.74, 6) is 0.0796. The fraction of sp³-hybridized carbons (Fsp3) is 0.409. The van der Waals surface area contributed by atoms with Crippen molar-refractivity contribution < 1.29 is 14.6 Å². The summed E-state index contributed by atoms with van der Waals surface area (Å²) in [5.41, 5.74) is 2.32. The number of carbonyl (C=O) groups is 1. The Balaban J connectivity index is 1.58. The first-order chi connectivity index (χ1) is 13.5. The van der Waals surface area contributed by atoms with Crippen molar-refractivity contribution in [1.82, 2.24) is 4.90 Å². The number of rotatable bonds is 8. The molecule has 3 rings (SSSR count). The first-order valence-corrected chi connectivity index (χ1v) is 10.0. The van der Waals surface area contributed by atoms with Crippen LogP contribution in [-0.4, -0.2) is 55.3 Å². The second-order valence-electron chi connectivity index (χ2n) is 7.16. The number of halogens is 1. The molecule has 0 radical (unpaired) electrons. The molecule has 1 aliphatic heterocycles. The standard InChI is InChI=1S/C22H27ClN2O3/c1-28-21-7-5-19(6-8-21)24-13-10-20(11-14-24)25(16-22(26)27)12-9-17-3-2-4-18(23)15-17/h2-8,15,20H,9-14,16H2,1H3,(H,26,27). The lowest BCUT2D eigenvalue weighted by atomic mass is 10.0. The molecule has 2 aromatic rings. The van der Waals surface area contributed by atoms with Gasteiger partial charge in [0.15, 0.2) is 0 Å². The monoisotopic (exact) mass is 402 g/mol. The molecule has 0 unspecified atom stereocenters. The van der Waals surface area contributed by atoms with Crippen LogP contribution < -0.4 is 9.64 Å². The molecular weight excluding hydrogens is 376 g/mol. The minimum atomic E-state index is -0.774. The van der Waals surface area contributed by atoms with Crippen molar-refractivity contribution in [3.63, 3.8) is 0 Å². The zero-order chi connectivity index (χ0) is 19.9. The minimum absolute atomic E-state index is 0.0772. The van der Waals surface area contributed by atoms with Crippen LogP contribution in [0.5, 0.6) is 5.75 Å². The molecule has 28 heavy (non-hydrogen) atoms. The molecule has 2 aromatic carbocycles. The predicted molar refractivity (Wildman–Crippen MR) is 113 cm³/mol. The van der Waals surface area contributed by atoms with Gasteiger partial charge in [0.25, 0.3) is 0 Å². The van der Waals surface area contributed by atoms with Crippen molar-refractivity contribution in [1.29, 1.82) is 0 Å². The van der Waals surface area contributed by atoms with E-state index >= 15 is 0 Å². The third-order valence-corrected chi connectivity index (χ3v) is 5.57. The summed E-state index contributed by atoms with van der Waals surface area (Å²) < 4.78 is 5.22. The third-order valence-electron chi connectivity index (χ3n) is 5.33. The maximum absolute atomic E-state index is 11.4. The van der Waals surface area contributed by atoms with E-state index < -0.39 is 5.97 Å². The summed E-state index contributed by atoms with van der Waals surface area (Å²) >= 11 is 6.07. The number of nitrogens with zero attached hydrogens (tertiary/aromatic N) is 2. The average Bonchev–Trinajstić information content (AvgIpc) is 2.71. The predicted octanol–water partition coefficient (Wildman–Crippen LogP) is 3.95. The van der Waals surface area contributed by atoms with Gasteiger partial charge in [-0.05, 0) is 61.2 Å². The molecule has 0 bridgehead atoms. The summed E-state index contributed by atoms with van der Waals surface area (Å²) in [6, 6.07) is 16.2. The van der Waals surface area contributed by atoms with Gasteiger partial charge in [-0.2, -0.15) is 0 Å². The van der Waals surface area contributed by atoms with Gasteiger partial charge >= 0.3 is 5.97 Å². The molecule has 1 fully saturated rings. The van der Waals surface area contributed by atoms with Crippen molar-refractivity contribution in [3.8, 4) is 5.75 Å². The van der Waals surface area contributed by atoms with Crippen LogP contribution in [0.3, 0.4) is 0 Å². The molecule has 1 aliphatic rings. The first-order valence-electron chi connectivity index (χ1n) is 9.64. The van der Waals surface area contributed by atoms with Gasteiger partial charge in [0, 0.05) is 36.4 Å². The smallest absolute Gasteiger partial charge is 0.317 e. The van der Waals surface area contributed by atoms with Gasteiger partial charge in [-0.1, -0.05) is 23.7 Å². The van der Waals surface area contributed by atoms with Crippen LogP contribution in [0.4, 0.5) is 5.69 Å². The van der Waals surface area contributed by atoms with Crippen molar-refractivity contribution in [2.45, 2.75) is 25.3 Å². The minimum Gasteiger partial charge on any atom is -0.497 e.